The van der Waals surface area contributed by atoms with Crippen LogP contribution in [0.25, 0.3) is 0 Å². The highest BCUT2D eigenvalue weighted by Crippen LogP contribution is 2.17. The van der Waals surface area contributed by atoms with Crippen molar-refractivity contribution < 1.29 is 9.53 Å². The van der Waals surface area contributed by atoms with Crippen molar-refractivity contribution in [3.63, 3.8) is 0 Å². The van der Waals surface area contributed by atoms with E-state index in [4.69, 9.17) is 4.74 Å². The van der Waals surface area contributed by atoms with Gasteiger partial charge in [0.05, 0.1) is 12.6 Å². The molecule has 25 heavy (non-hydrogen) atoms. The lowest BCUT2D eigenvalue weighted by Gasteiger charge is -2.12. The van der Waals surface area contributed by atoms with E-state index in [-0.39, 0.29) is 18.2 Å². The Morgan fingerprint density at radius 3 is 2.76 bits per heavy atom. The molecular weight excluding hydrogens is 342 g/mol. The standard InChI is InChI=1S/C17H19N3O4S/c1-25-13-6-4-11(5-7-13)19-15(21)14-9-18-17(23)20(16(14)22)10-12-3-2-8-24-12/h4-7,9,12H,2-3,8,10H2,1H3,(H,18,23)(H,19,21). The van der Waals surface area contributed by atoms with E-state index in [1.54, 1.807) is 23.9 Å². The van der Waals surface area contributed by atoms with E-state index in [1.807, 2.05) is 18.4 Å². The number of benzene rings is 1. The van der Waals surface area contributed by atoms with Gasteiger partial charge < -0.3 is 15.0 Å². The quantitative estimate of drug-likeness (QED) is 0.791. The zero-order valence-corrected chi connectivity index (χ0v) is 14.6. The Labute approximate surface area is 148 Å². The van der Waals surface area contributed by atoms with Gasteiger partial charge in [0, 0.05) is 23.4 Å². The monoisotopic (exact) mass is 361 g/mol. The van der Waals surface area contributed by atoms with E-state index in [9.17, 15) is 14.4 Å². The second-order valence-corrected chi connectivity index (χ2v) is 6.62. The lowest BCUT2D eigenvalue weighted by atomic mass is 10.2. The number of carbonyl (C=O) groups excluding carboxylic acids is 1. The fourth-order valence-corrected chi connectivity index (χ4v) is 3.11. The number of rotatable bonds is 5. The maximum absolute atomic E-state index is 12.5. The zero-order valence-electron chi connectivity index (χ0n) is 13.8. The van der Waals surface area contributed by atoms with Crippen LogP contribution in [0.1, 0.15) is 23.2 Å². The summed E-state index contributed by atoms with van der Waals surface area (Å²) in [5.74, 6) is -0.556. The van der Waals surface area contributed by atoms with E-state index in [2.05, 4.69) is 10.3 Å². The first-order chi connectivity index (χ1) is 12.1. The molecule has 3 rings (SSSR count). The lowest BCUT2D eigenvalue weighted by molar-refractivity contribution is 0.0941. The molecule has 0 radical (unpaired) electrons. The fraction of sp³-hybridized carbons (Fsp3) is 0.353. The minimum absolute atomic E-state index is 0.105. The lowest BCUT2D eigenvalue weighted by Crippen LogP contribution is -2.41. The molecule has 1 amide bonds. The van der Waals surface area contributed by atoms with Gasteiger partial charge in [-0.15, -0.1) is 11.8 Å². The van der Waals surface area contributed by atoms with Crippen LogP contribution < -0.4 is 16.6 Å². The maximum Gasteiger partial charge on any atom is 0.328 e. The van der Waals surface area contributed by atoms with E-state index in [0.717, 1.165) is 28.5 Å². The van der Waals surface area contributed by atoms with E-state index in [0.29, 0.717) is 12.3 Å². The van der Waals surface area contributed by atoms with Gasteiger partial charge in [0.1, 0.15) is 5.56 Å². The molecule has 1 aromatic heterocycles. The molecule has 0 saturated carbocycles. The summed E-state index contributed by atoms with van der Waals surface area (Å²) >= 11 is 1.60. The van der Waals surface area contributed by atoms with Crippen LogP contribution in [0.4, 0.5) is 5.69 Å². The summed E-state index contributed by atoms with van der Waals surface area (Å²) < 4.78 is 6.50. The largest absolute Gasteiger partial charge is 0.376 e. The van der Waals surface area contributed by atoms with Gasteiger partial charge in [-0.25, -0.2) is 4.79 Å². The summed E-state index contributed by atoms with van der Waals surface area (Å²) in [6, 6.07) is 7.28. The molecule has 0 aliphatic carbocycles. The van der Waals surface area contributed by atoms with Crippen LogP contribution in [0.3, 0.4) is 0 Å². The van der Waals surface area contributed by atoms with Gasteiger partial charge in [-0.2, -0.15) is 0 Å². The van der Waals surface area contributed by atoms with Crippen LogP contribution in [-0.4, -0.2) is 34.4 Å². The fourth-order valence-electron chi connectivity index (χ4n) is 2.70. The first kappa shape index (κ1) is 17.5. The topological polar surface area (TPSA) is 93.2 Å². The minimum Gasteiger partial charge on any atom is -0.376 e. The van der Waals surface area contributed by atoms with E-state index < -0.39 is 17.2 Å². The van der Waals surface area contributed by atoms with Gasteiger partial charge in [0.2, 0.25) is 0 Å². The smallest absolute Gasteiger partial charge is 0.328 e. The Hall–Kier alpha value is -2.32. The Morgan fingerprint density at radius 1 is 1.36 bits per heavy atom. The predicted molar refractivity (Wildman–Crippen MR) is 96.5 cm³/mol. The Kier molecular flexibility index (Phi) is 5.40. The molecule has 0 spiro atoms. The molecule has 1 aliphatic heterocycles. The molecule has 2 aromatic rings. The summed E-state index contributed by atoms with van der Waals surface area (Å²) in [5.41, 5.74) is -0.676. The van der Waals surface area contributed by atoms with Crippen LogP contribution in [0.5, 0.6) is 0 Å². The Balaban J connectivity index is 1.82. The van der Waals surface area contributed by atoms with Crippen molar-refractivity contribution in [2.75, 3.05) is 18.2 Å². The van der Waals surface area contributed by atoms with E-state index in [1.165, 1.54) is 0 Å². The normalized spacial score (nSPS) is 16.8. The number of thioether (sulfide) groups is 1. The molecule has 0 bridgehead atoms. The first-order valence-electron chi connectivity index (χ1n) is 7.98. The average molecular weight is 361 g/mol. The third-order valence-electron chi connectivity index (χ3n) is 4.06. The number of aromatic amines is 1. The van der Waals surface area contributed by atoms with Gasteiger partial charge >= 0.3 is 5.69 Å². The number of hydrogen-bond donors (Lipinski definition) is 2. The Bertz CT molecular complexity index is 867. The van der Waals surface area contributed by atoms with Crippen LogP contribution in [0, 0.1) is 0 Å². The number of carbonyl (C=O) groups is 1. The van der Waals surface area contributed by atoms with Crippen molar-refractivity contribution in [3.8, 4) is 0 Å². The van der Waals surface area contributed by atoms with Crippen molar-refractivity contribution in [3.05, 3.63) is 56.9 Å². The number of nitrogens with one attached hydrogen (secondary N) is 2. The molecule has 1 saturated heterocycles. The van der Waals surface area contributed by atoms with Gasteiger partial charge in [0.15, 0.2) is 0 Å². The van der Waals surface area contributed by atoms with Crippen molar-refractivity contribution in [1.82, 2.24) is 9.55 Å². The van der Waals surface area contributed by atoms with Gasteiger partial charge in [-0.3, -0.25) is 14.2 Å². The number of amides is 1. The highest BCUT2D eigenvalue weighted by molar-refractivity contribution is 7.98. The third kappa shape index (κ3) is 4.02. The van der Waals surface area contributed by atoms with Crippen LogP contribution >= 0.6 is 11.8 Å². The summed E-state index contributed by atoms with van der Waals surface area (Å²) in [6.45, 7) is 0.779. The summed E-state index contributed by atoms with van der Waals surface area (Å²) in [4.78, 5) is 40.4. The van der Waals surface area contributed by atoms with Gasteiger partial charge in [-0.05, 0) is 43.4 Å². The van der Waals surface area contributed by atoms with Crippen LogP contribution in [-0.2, 0) is 11.3 Å². The third-order valence-corrected chi connectivity index (χ3v) is 4.81. The highest BCUT2D eigenvalue weighted by Gasteiger charge is 2.20. The number of H-pyrrole nitrogens is 1. The molecule has 1 aliphatic rings. The van der Waals surface area contributed by atoms with Crippen molar-refractivity contribution in [1.29, 1.82) is 0 Å². The number of ether oxygens (including phenoxy) is 1. The van der Waals surface area contributed by atoms with E-state index >= 15 is 0 Å². The molecule has 1 unspecified atom stereocenters. The minimum atomic E-state index is -0.613. The molecule has 1 fully saturated rings. The summed E-state index contributed by atoms with van der Waals surface area (Å²) in [5, 5.41) is 2.68. The second kappa shape index (κ2) is 7.71. The molecule has 2 heterocycles. The van der Waals surface area contributed by atoms with Crippen molar-refractivity contribution in [2.45, 2.75) is 30.4 Å². The number of nitrogens with zero attached hydrogens (tertiary/aromatic N) is 1. The molecule has 2 N–H and O–H groups in total. The molecule has 1 atom stereocenters. The number of anilines is 1. The van der Waals surface area contributed by atoms with Crippen LogP contribution in [0.2, 0.25) is 0 Å². The summed E-state index contributed by atoms with van der Waals surface area (Å²) in [7, 11) is 0. The SMILES string of the molecule is CSc1ccc(NC(=O)c2c[nH]c(=O)n(CC3CCCO3)c2=O)cc1. The molecule has 132 valence electrons. The van der Waals surface area contributed by atoms with Crippen molar-refractivity contribution in [2.24, 2.45) is 0 Å². The zero-order chi connectivity index (χ0) is 17.8. The maximum atomic E-state index is 12.5. The first-order valence-corrected chi connectivity index (χ1v) is 9.20. The number of hydrogen-bond acceptors (Lipinski definition) is 5. The molecule has 1 aromatic carbocycles. The Morgan fingerprint density at radius 2 is 2.12 bits per heavy atom. The predicted octanol–water partition coefficient (Wildman–Crippen LogP) is 1.69. The molecule has 7 nitrogen and oxygen atoms in total. The van der Waals surface area contributed by atoms with Crippen LogP contribution in [0.15, 0.2) is 44.9 Å². The van der Waals surface area contributed by atoms with Crippen molar-refractivity contribution >= 4 is 23.4 Å². The highest BCUT2D eigenvalue weighted by atomic mass is 32.2. The average Bonchev–Trinajstić information content (AvgIpc) is 3.12. The molecular formula is C17H19N3O4S. The van der Waals surface area contributed by atoms with Gasteiger partial charge in [0.25, 0.3) is 11.5 Å². The van der Waals surface area contributed by atoms with Gasteiger partial charge in [-0.1, -0.05) is 0 Å². The second-order valence-electron chi connectivity index (χ2n) is 5.74. The number of aromatic nitrogens is 2. The molecule has 8 heteroatoms. The summed E-state index contributed by atoms with van der Waals surface area (Å²) in [6.07, 6.45) is 4.65.